The standard InChI is InChI=1S/C18H23FN2O3S/c1-14-17(10-9-16(24-2)18(14)19)25(22,23)21(12-6-11-20)13-15-7-4-3-5-8-15/h3-5,7-10H,6,11-13,20H2,1-2H3. The van der Waals surface area contributed by atoms with Crippen LogP contribution in [0.3, 0.4) is 0 Å². The fourth-order valence-electron chi connectivity index (χ4n) is 2.56. The lowest BCUT2D eigenvalue weighted by Crippen LogP contribution is -2.33. The van der Waals surface area contributed by atoms with Gasteiger partial charge in [-0.05, 0) is 37.6 Å². The van der Waals surface area contributed by atoms with Crippen LogP contribution in [0, 0.1) is 12.7 Å². The van der Waals surface area contributed by atoms with Crippen molar-refractivity contribution >= 4 is 10.0 Å². The minimum Gasteiger partial charge on any atom is -0.494 e. The molecule has 2 aromatic rings. The normalized spacial score (nSPS) is 11.7. The predicted molar refractivity (Wildman–Crippen MR) is 95.4 cm³/mol. The minimum atomic E-state index is -3.87. The molecule has 0 amide bonds. The number of halogens is 1. The number of hydrogen-bond acceptors (Lipinski definition) is 4. The van der Waals surface area contributed by atoms with Gasteiger partial charge in [0.2, 0.25) is 10.0 Å². The van der Waals surface area contributed by atoms with Crippen molar-refractivity contribution < 1.29 is 17.5 Å². The molecular weight excluding hydrogens is 343 g/mol. The van der Waals surface area contributed by atoms with E-state index in [9.17, 15) is 12.8 Å². The van der Waals surface area contributed by atoms with Crippen molar-refractivity contribution in [2.75, 3.05) is 20.2 Å². The summed E-state index contributed by atoms with van der Waals surface area (Å²) in [5.41, 5.74) is 6.45. The highest BCUT2D eigenvalue weighted by molar-refractivity contribution is 7.89. The van der Waals surface area contributed by atoms with Crippen molar-refractivity contribution in [1.82, 2.24) is 4.31 Å². The van der Waals surface area contributed by atoms with Crippen LogP contribution >= 0.6 is 0 Å². The van der Waals surface area contributed by atoms with E-state index in [2.05, 4.69) is 0 Å². The van der Waals surface area contributed by atoms with Crippen LogP contribution < -0.4 is 10.5 Å². The topological polar surface area (TPSA) is 72.6 Å². The highest BCUT2D eigenvalue weighted by Crippen LogP contribution is 2.28. The summed E-state index contributed by atoms with van der Waals surface area (Å²) in [7, 11) is -2.53. The number of methoxy groups -OCH3 is 1. The molecule has 2 N–H and O–H groups in total. The number of sulfonamides is 1. The van der Waals surface area contributed by atoms with Gasteiger partial charge in [-0.15, -0.1) is 0 Å². The first-order valence-corrected chi connectivity index (χ1v) is 9.43. The maximum absolute atomic E-state index is 14.3. The van der Waals surface area contributed by atoms with Gasteiger partial charge in [0.25, 0.3) is 0 Å². The molecule has 0 aliphatic carbocycles. The van der Waals surface area contributed by atoms with Gasteiger partial charge in [0.15, 0.2) is 11.6 Å². The molecule has 0 spiro atoms. The third-order valence-corrected chi connectivity index (χ3v) is 5.94. The first-order chi connectivity index (χ1) is 11.9. The smallest absolute Gasteiger partial charge is 0.243 e. The predicted octanol–water partition coefficient (Wildman–Crippen LogP) is 2.68. The van der Waals surface area contributed by atoms with Gasteiger partial charge >= 0.3 is 0 Å². The summed E-state index contributed by atoms with van der Waals surface area (Å²) in [6.45, 7) is 2.28. The van der Waals surface area contributed by atoms with E-state index in [1.807, 2.05) is 30.3 Å². The molecule has 136 valence electrons. The van der Waals surface area contributed by atoms with E-state index < -0.39 is 15.8 Å². The maximum Gasteiger partial charge on any atom is 0.243 e. The summed E-state index contributed by atoms with van der Waals surface area (Å²) in [6, 6.07) is 12.0. The van der Waals surface area contributed by atoms with Gasteiger partial charge in [0.05, 0.1) is 12.0 Å². The second-order valence-corrected chi connectivity index (χ2v) is 7.58. The van der Waals surface area contributed by atoms with Gasteiger partial charge in [-0.3, -0.25) is 0 Å². The Morgan fingerprint density at radius 3 is 2.44 bits per heavy atom. The molecule has 0 saturated heterocycles. The minimum absolute atomic E-state index is 0.0213. The van der Waals surface area contributed by atoms with Crippen LogP contribution in [-0.2, 0) is 16.6 Å². The zero-order valence-electron chi connectivity index (χ0n) is 14.4. The molecule has 0 fully saturated rings. The SMILES string of the molecule is COc1ccc(S(=O)(=O)N(CCCN)Cc2ccccc2)c(C)c1F. The monoisotopic (exact) mass is 366 g/mol. The Morgan fingerprint density at radius 1 is 1.16 bits per heavy atom. The molecule has 0 bridgehead atoms. The lowest BCUT2D eigenvalue weighted by molar-refractivity contribution is 0.382. The fourth-order valence-corrected chi connectivity index (χ4v) is 4.24. The van der Waals surface area contributed by atoms with E-state index in [1.165, 1.54) is 30.5 Å². The quantitative estimate of drug-likeness (QED) is 0.780. The van der Waals surface area contributed by atoms with Crippen LogP contribution in [0.4, 0.5) is 4.39 Å². The molecule has 0 unspecified atom stereocenters. The van der Waals surface area contributed by atoms with Crippen LogP contribution in [0.2, 0.25) is 0 Å². The molecule has 0 aliphatic heterocycles. The highest BCUT2D eigenvalue weighted by Gasteiger charge is 2.28. The van der Waals surface area contributed by atoms with Crippen molar-refractivity contribution in [2.45, 2.75) is 24.8 Å². The number of nitrogens with zero attached hydrogens (tertiary/aromatic N) is 1. The zero-order valence-corrected chi connectivity index (χ0v) is 15.2. The Labute approximate surface area is 148 Å². The van der Waals surface area contributed by atoms with Gasteiger partial charge in [-0.25, -0.2) is 12.8 Å². The Balaban J connectivity index is 2.42. The number of rotatable bonds is 8. The van der Waals surface area contributed by atoms with E-state index >= 15 is 0 Å². The molecule has 0 heterocycles. The molecule has 0 aromatic heterocycles. The van der Waals surface area contributed by atoms with Crippen molar-refractivity contribution in [3.63, 3.8) is 0 Å². The maximum atomic E-state index is 14.3. The summed E-state index contributed by atoms with van der Waals surface area (Å²) < 4.78 is 46.7. The first kappa shape index (κ1) is 19.4. The summed E-state index contributed by atoms with van der Waals surface area (Å²) in [5, 5.41) is 0. The average molecular weight is 366 g/mol. The second-order valence-electron chi connectivity index (χ2n) is 5.67. The van der Waals surface area contributed by atoms with Crippen LogP contribution in [0.5, 0.6) is 5.75 Å². The third-order valence-electron chi connectivity index (χ3n) is 3.95. The average Bonchev–Trinajstić information content (AvgIpc) is 2.61. The summed E-state index contributed by atoms with van der Waals surface area (Å²) in [4.78, 5) is -0.0567. The third kappa shape index (κ3) is 4.36. The molecule has 25 heavy (non-hydrogen) atoms. The van der Waals surface area contributed by atoms with E-state index in [0.29, 0.717) is 13.0 Å². The van der Waals surface area contributed by atoms with E-state index in [4.69, 9.17) is 10.5 Å². The van der Waals surface area contributed by atoms with Gasteiger partial charge in [-0.1, -0.05) is 30.3 Å². The number of ether oxygens (including phenoxy) is 1. The Bertz CT molecular complexity index is 811. The second kappa shape index (κ2) is 8.42. The van der Waals surface area contributed by atoms with E-state index in [1.54, 1.807) is 0 Å². The van der Waals surface area contributed by atoms with Gasteiger partial charge in [0.1, 0.15) is 0 Å². The molecular formula is C18H23FN2O3S. The number of hydrogen-bond donors (Lipinski definition) is 1. The lowest BCUT2D eigenvalue weighted by Gasteiger charge is -2.23. The fraction of sp³-hybridized carbons (Fsp3) is 0.333. The van der Waals surface area contributed by atoms with Gasteiger partial charge in [0, 0.05) is 18.7 Å². The summed E-state index contributed by atoms with van der Waals surface area (Å²) in [5.74, 6) is -0.643. The number of nitrogens with two attached hydrogens (primary N) is 1. The van der Waals surface area contributed by atoms with Crippen LogP contribution in [0.1, 0.15) is 17.5 Å². The molecule has 0 saturated carbocycles. The molecule has 0 radical (unpaired) electrons. The van der Waals surface area contributed by atoms with Crippen molar-refractivity contribution in [3.8, 4) is 5.75 Å². The molecule has 5 nitrogen and oxygen atoms in total. The molecule has 0 atom stereocenters. The van der Waals surface area contributed by atoms with E-state index in [0.717, 1.165) is 5.56 Å². The highest BCUT2D eigenvalue weighted by atomic mass is 32.2. The molecule has 0 aliphatic rings. The van der Waals surface area contributed by atoms with Crippen LogP contribution in [-0.4, -0.2) is 32.9 Å². The Kier molecular flexibility index (Phi) is 6.52. The Hall–Kier alpha value is -1.96. The largest absolute Gasteiger partial charge is 0.494 e. The van der Waals surface area contributed by atoms with Crippen LogP contribution in [0.25, 0.3) is 0 Å². The first-order valence-electron chi connectivity index (χ1n) is 7.99. The van der Waals surface area contributed by atoms with E-state index in [-0.39, 0.29) is 29.3 Å². The van der Waals surface area contributed by atoms with Gasteiger partial charge in [-0.2, -0.15) is 4.31 Å². The Morgan fingerprint density at radius 2 is 1.84 bits per heavy atom. The lowest BCUT2D eigenvalue weighted by atomic mass is 10.2. The molecule has 2 rings (SSSR count). The number of benzene rings is 2. The van der Waals surface area contributed by atoms with Crippen molar-refractivity contribution in [3.05, 3.63) is 59.4 Å². The van der Waals surface area contributed by atoms with Gasteiger partial charge < -0.3 is 10.5 Å². The molecule has 2 aromatic carbocycles. The van der Waals surface area contributed by atoms with Crippen molar-refractivity contribution in [1.29, 1.82) is 0 Å². The van der Waals surface area contributed by atoms with Crippen LogP contribution in [0.15, 0.2) is 47.4 Å². The summed E-state index contributed by atoms with van der Waals surface area (Å²) in [6.07, 6.45) is 0.518. The molecule has 7 heteroatoms. The summed E-state index contributed by atoms with van der Waals surface area (Å²) >= 11 is 0. The zero-order chi connectivity index (χ0) is 18.4. The van der Waals surface area contributed by atoms with Crippen molar-refractivity contribution in [2.24, 2.45) is 5.73 Å².